The Kier molecular flexibility index (Phi) is 3.39. The minimum atomic E-state index is -0.199. The summed E-state index contributed by atoms with van der Waals surface area (Å²) < 4.78 is 0. The van der Waals surface area contributed by atoms with Crippen molar-refractivity contribution in [3.63, 3.8) is 0 Å². The quantitative estimate of drug-likeness (QED) is 0.301. The molecule has 0 aromatic rings. The Bertz CT molecular complexity index is 72.8. The molecular formula is C5H12N2O. The van der Waals surface area contributed by atoms with Gasteiger partial charge in [0.25, 0.3) is 0 Å². The third-order valence-electron chi connectivity index (χ3n) is 1.06. The number of carbonyl (C=O) groups is 1. The molecular weight excluding hydrogens is 104 g/mol. The van der Waals surface area contributed by atoms with Crippen LogP contribution in [-0.4, -0.2) is 12.3 Å². The maximum absolute atomic E-state index is 10.0. The van der Waals surface area contributed by atoms with Crippen LogP contribution in [0.3, 0.4) is 0 Å². The first-order chi connectivity index (χ1) is 3.72. The Balaban J connectivity index is 3.51. The van der Waals surface area contributed by atoms with Crippen LogP contribution in [0.5, 0.6) is 0 Å². The van der Waals surface area contributed by atoms with Crippen LogP contribution in [0.1, 0.15) is 13.8 Å². The summed E-state index contributed by atoms with van der Waals surface area (Å²) in [7, 11) is 0. The number of hydrazine groups is 1. The van der Waals surface area contributed by atoms with Crippen LogP contribution in [0.15, 0.2) is 0 Å². The molecule has 0 aromatic heterocycles. The average Bonchev–Trinajstić information content (AvgIpc) is 1.69. The van der Waals surface area contributed by atoms with E-state index >= 15 is 0 Å². The molecule has 0 amide bonds. The van der Waals surface area contributed by atoms with Gasteiger partial charge in [0, 0.05) is 0 Å². The molecule has 3 N–H and O–H groups in total. The molecule has 0 fully saturated rings. The summed E-state index contributed by atoms with van der Waals surface area (Å²) in [5, 5.41) is 0. The van der Waals surface area contributed by atoms with E-state index in [1.807, 2.05) is 13.8 Å². The van der Waals surface area contributed by atoms with Crippen LogP contribution in [0.4, 0.5) is 0 Å². The molecule has 0 radical (unpaired) electrons. The summed E-state index contributed by atoms with van der Waals surface area (Å²) in [4.78, 5) is 10.0. The lowest BCUT2D eigenvalue weighted by Crippen LogP contribution is -2.40. The van der Waals surface area contributed by atoms with E-state index in [9.17, 15) is 4.79 Å². The highest BCUT2D eigenvalue weighted by atomic mass is 16.1. The number of aldehydes is 1. The summed E-state index contributed by atoms with van der Waals surface area (Å²) in [6.45, 7) is 3.86. The lowest BCUT2D eigenvalue weighted by molar-refractivity contribution is -0.110. The normalized spacial score (nSPS) is 14.0. The zero-order chi connectivity index (χ0) is 6.57. The van der Waals surface area contributed by atoms with Crippen molar-refractivity contribution in [1.29, 1.82) is 0 Å². The molecule has 0 bridgehead atoms. The van der Waals surface area contributed by atoms with Gasteiger partial charge < -0.3 is 4.79 Å². The summed E-state index contributed by atoms with van der Waals surface area (Å²) in [5.74, 6) is 5.28. The zero-order valence-electron chi connectivity index (χ0n) is 5.22. The Morgan fingerprint density at radius 3 is 2.12 bits per heavy atom. The lowest BCUT2D eigenvalue weighted by atomic mass is 10.1. The zero-order valence-corrected chi connectivity index (χ0v) is 5.22. The first-order valence-electron chi connectivity index (χ1n) is 2.63. The van der Waals surface area contributed by atoms with E-state index in [2.05, 4.69) is 5.43 Å². The molecule has 0 aliphatic rings. The van der Waals surface area contributed by atoms with Gasteiger partial charge in [0.05, 0.1) is 6.04 Å². The van der Waals surface area contributed by atoms with Gasteiger partial charge in [-0.25, -0.2) is 0 Å². The molecule has 48 valence electrons. The van der Waals surface area contributed by atoms with Crippen molar-refractivity contribution in [2.24, 2.45) is 11.8 Å². The van der Waals surface area contributed by atoms with Gasteiger partial charge in [-0.3, -0.25) is 11.3 Å². The Hall–Kier alpha value is -0.410. The van der Waals surface area contributed by atoms with Crippen LogP contribution >= 0.6 is 0 Å². The van der Waals surface area contributed by atoms with Gasteiger partial charge in [-0.15, -0.1) is 0 Å². The third kappa shape index (κ3) is 2.04. The minimum Gasteiger partial charge on any atom is -0.302 e. The number of hydrogen-bond acceptors (Lipinski definition) is 3. The second kappa shape index (κ2) is 3.57. The number of carbonyl (C=O) groups excluding carboxylic acids is 1. The number of nitrogens with one attached hydrogen (secondary N) is 1. The first-order valence-corrected chi connectivity index (χ1v) is 2.63. The predicted molar refractivity (Wildman–Crippen MR) is 32.0 cm³/mol. The van der Waals surface area contributed by atoms with E-state index < -0.39 is 0 Å². The maximum atomic E-state index is 10.0. The summed E-state index contributed by atoms with van der Waals surface area (Å²) in [5.41, 5.74) is 2.38. The van der Waals surface area contributed by atoms with Crippen molar-refractivity contribution >= 4 is 6.29 Å². The maximum Gasteiger partial charge on any atom is 0.138 e. The highest BCUT2D eigenvalue weighted by Gasteiger charge is 2.07. The van der Waals surface area contributed by atoms with Crippen molar-refractivity contribution in [3.05, 3.63) is 0 Å². The van der Waals surface area contributed by atoms with Crippen LogP contribution in [0.2, 0.25) is 0 Å². The lowest BCUT2D eigenvalue weighted by Gasteiger charge is -2.10. The molecule has 0 aliphatic carbocycles. The molecule has 1 atom stereocenters. The predicted octanol–water partition coefficient (Wildman–Crippen LogP) is -0.327. The SMILES string of the molecule is CC(C)C(C=O)NN. The summed E-state index contributed by atoms with van der Waals surface area (Å²) in [6, 6.07) is -0.199. The van der Waals surface area contributed by atoms with Gasteiger partial charge >= 0.3 is 0 Å². The fraction of sp³-hybridized carbons (Fsp3) is 0.800. The Morgan fingerprint density at radius 1 is 1.62 bits per heavy atom. The van der Waals surface area contributed by atoms with Gasteiger partial charge in [-0.05, 0) is 5.92 Å². The van der Waals surface area contributed by atoms with E-state index in [1.54, 1.807) is 0 Å². The van der Waals surface area contributed by atoms with Crippen molar-refractivity contribution in [2.45, 2.75) is 19.9 Å². The third-order valence-corrected chi connectivity index (χ3v) is 1.06. The molecule has 3 nitrogen and oxygen atoms in total. The molecule has 0 saturated heterocycles. The van der Waals surface area contributed by atoms with E-state index in [0.29, 0.717) is 0 Å². The Labute approximate surface area is 49.2 Å². The summed E-state index contributed by atoms with van der Waals surface area (Å²) >= 11 is 0. The topological polar surface area (TPSA) is 55.1 Å². The smallest absolute Gasteiger partial charge is 0.138 e. The van der Waals surface area contributed by atoms with E-state index in [1.165, 1.54) is 0 Å². The molecule has 0 spiro atoms. The number of nitrogens with two attached hydrogens (primary N) is 1. The standard InChI is InChI=1S/C5H12N2O/c1-4(2)5(3-8)7-6/h3-5,7H,6H2,1-2H3. The molecule has 8 heavy (non-hydrogen) atoms. The molecule has 0 aliphatic heterocycles. The molecule has 0 saturated carbocycles. The van der Waals surface area contributed by atoms with Crippen molar-refractivity contribution in [3.8, 4) is 0 Å². The molecule has 0 aromatic carbocycles. The fourth-order valence-electron chi connectivity index (χ4n) is 0.389. The highest BCUT2D eigenvalue weighted by molar-refractivity contribution is 5.57. The minimum absolute atomic E-state index is 0.199. The highest BCUT2D eigenvalue weighted by Crippen LogP contribution is 1.94. The second-order valence-corrected chi connectivity index (χ2v) is 2.07. The summed E-state index contributed by atoms with van der Waals surface area (Å²) in [6.07, 6.45) is 0.810. The van der Waals surface area contributed by atoms with Crippen LogP contribution in [-0.2, 0) is 4.79 Å². The van der Waals surface area contributed by atoms with Crippen molar-refractivity contribution in [2.75, 3.05) is 0 Å². The van der Waals surface area contributed by atoms with Crippen molar-refractivity contribution < 1.29 is 4.79 Å². The van der Waals surface area contributed by atoms with Gasteiger partial charge in [-0.2, -0.15) is 0 Å². The number of hydrogen-bond donors (Lipinski definition) is 2. The van der Waals surface area contributed by atoms with Crippen LogP contribution in [0, 0.1) is 5.92 Å². The molecule has 0 heterocycles. The van der Waals surface area contributed by atoms with E-state index in [4.69, 9.17) is 5.84 Å². The van der Waals surface area contributed by atoms with Gasteiger partial charge in [0.2, 0.25) is 0 Å². The second-order valence-electron chi connectivity index (χ2n) is 2.07. The van der Waals surface area contributed by atoms with Gasteiger partial charge in [0.15, 0.2) is 0 Å². The molecule has 0 rings (SSSR count). The molecule has 3 heteroatoms. The van der Waals surface area contributed by atoms with E-state index in [-0.39, 0.29) is 12.0 Å². The number of rotatable bonds is 3. The monoisotopic (exact) mass is 116 g/mol. The Morgan fingerprint density at radius 2 is 2.12 bits per heavy atom. The van der Waals surface area contributed by atoms with Crippen LogP contribution in [0.25, 0.3) is 0 Å². The largest absolute Gasteiger partial charge is 0.302 e. The van der Waals surface area contributed by atoms with Gasteiger partial charge in [0.1, 0.15) is 6.29 Å². The average molecular weight is 116 g/mol. The molecule has 1 unspecified atom stereocenters. The van der Waals surface area contributed by atoms with E-state index in [0.717, 1.165) is 6.29 Å². The first kappa shape index (κ1) is 7.59. The van der Waals surface area contributed by atoms with Crippen LogP contribution < -0.4 is 11.3 Å². The van der Waals surface area contributed by atoms with Crippen molar-refractivity contribution in [1.82, 2.24) is 5.43 Å². The van der Waals surface area contributed by atoms with Gasteiger partial charge in [-0.1, -0.05) is 13.8 Å². The fourth-order valence-corrected chi connectivity index (χ4v) is 0.389.